The highest BCUT2D eigenvalue weighted by Gasteiger charge is 2.26. The third-order valence-electron chi connectivity index (χ3n) is 5.49. The molecule has 0 saturated carbocycles. The molecule has 0 bridgehead atoms. The van der Waals surface area contributed by atoms with Crippen LogP contribution in [0, 0.1) is 11.6 Å². The predicted octanol–water partition coefficient (Wildman–Crippen LogP) is 4.26. The maximum Gasteiger partial charge on any atom is 0.182 e. The minimum Gasteiger partial charge on any atom is -0.355 e. The van der Waals surface area contributed by atoms with Crippen LogP contribution in [0.15, 0.2) is 37.1 Å². The second-order valence-electron chi connectivity index (χ2n) is 7.28. The zero-order valence-corrected chi connectivity index (χ0v) is 18.3. The summed E-state index contributed by atoms with van der Waals surface area (Å²) >= 11 is 0. The summed E-state index contributed by atoms with van der Waals surface area (Å²) in [5, 5.41) is 0. The Labute approximate surface area is 189 Å². The second-order valence-corrected chi connectivity index (χ2v) is 7.28. The fourth-order valence-corrected chi connectivity index (χ4v) is 4.00. The Morgan fingerprint density at radius 2 is 1.81 bits per heavy atom. The van der Waals surface area contributed by atoms with Gasteiger partial charge in [0.15, 0.2) is 23.1 Å². The number of nitrogens with zero attached hydrogens (tertiary/aromatic N) is 6. The number of rotatable bonds is 3. The van der Waals surface area contributed by atoms with E-state index < -0.39 is 11.6 Å². The molecular weight excluding hydrogens is 447 g/mol. The lowest BCUT2D eigenvalue weighted by Crippen LogP contribution is -2.34. The van der Waals surface area contributed by atoms with Crippen molar-refractivity contribution in [2.45, 2.75) is 18.8 Å². The highest BCUT2D eigenvalue weighted by atomic mass is 35.5. The van der Waals surface area contributed by atoms with E-state index in [-0.39, 0.29) is 30.7 Å². The molecule has 1 saturated heterocycles. The third kappa shape index (κ3) is 4.20. The van der Waals surface area contributed by atoms with Gasteiger partial charge in [0.1, 0.15) is 17.7 Å². The van der Waals surface area contributed by atoms with Gasteiger partial charge < -0.3 is 14.5 Å². The highest BCUT2D eigenvalue weighted by molar-refractivity contribution is 5.85. The summed E-state index contributed by atoms with van der Waals surface area (Å²) in [6, 6.07) is 3.88. The van der Waals surface area contributed by atoms with E-state index >= 15 is 0 Å². The van der Waals surface area contributed by atoms with Gasteiger partial charge in [0, 0.05) is 37.8 Å². The lowest BCUT2D eigenvalue weighted by molar-refractivity contribution is 0.474. The topological polar surface area (TPSA) is 75.5 Å². The maximum absolute atomic E-state index is 13.6. The number of nitrogens with one attached hydrogen (secondary N) is 1. The molecular formula is C20H21Cl2F2N7. The van der Waals surface area contributed by atoms with Crippen LogP contribution in [0.25, 0.3) is 22.4 Å². The number of hydrogen-bond donors (Lipinski definition) is 1. The van der Waals surface area contributed by atoms with Gasteiger partial charge in [-0.15, -0.1) is 24.8 Å². The Bertz CT molecular complexity index is 1190. The lowest BCUT2D eigenvalue weighted by atomic mass is 9.96. The number of aromatic amines is 1. The van der Waals surface area contributed by atoms with Crippen molar-refractivity contribution >= 4 is 41.8 Å². The number of benzene rings is 1. The van der Waals surface area contributed by atoms with Gasteiger partial charge >= 0.3 is 0 Å². The summed E-state index contributed by atoms with van der Waals surface area (Å²) in [7, 11) is 1.94. The number of aryl methyl sites for hydroxylation is 1. The number of piperidine rings is 1. The molecule has 0 unspecified atom stereocenters. The van der Waals surface area contributed by atoms with Gasteiger partial charge in [0.2, 0.25) is 0 Å². The van der Waals surface area contributed by atoms with Crippen molar-refractivity contribution in [2.75, 3.05) is 18.0 Å². The molecule has 7 nitrogen and oxygen atoms in total. The molecule has 0 spiro atoms. The summed E-state index contributed by atoms with van der Waals surface area (Å²) in [6.45, 7) is 1.67. The normalized spacial score (nSPS) is 14.4. The molecule has 4 heterocycles. The molecule has 1 N–H and O–H groups in total. The summed E-state index contributed by atoms with van der Waals surface area (Å²) in [5.74, 6) is 0.396. The molecule has 5 rings (SSSR count). The molecule has 11 heteroatoms. The van der Waals surface area contributed by atoms with E-state index in [1.165, 1.54) is 12.4 Å². The summed E-state index contributed by atoms with van der Waals surface area (Å²) in [4.78, 5) is 22.9. The molecule has 0 aliphatic carbocycles. The van der Waals surface area contributed by atoms with Crippen molar-refractivity contribution < 1.29 is 8.78 Å². The van der Waals surface area contributed by atoms with Gasteiger partial charge in [-0.3, -0.25) is 0 Å². The first-order chi connectivity index (χ1) is 14.1. The van der Waals surface area contributed by atoms with E-state index in [9.17, 15) is 8.78 Å². The molecule has 3 aromatic heterocycles. The molecule has 0 amide bonds. The summed E-state index contributed by atoms with van der Waals surface area (Å²) in [5.41, 5.74) is 2.74. The number of anilines is 1. The zero-order chi connectivity index (χ0) is 20.0. The second kappa shape index (κ2) is 9.15. The fraction of sp³-hybridized carbons (Fsp3) is 0.300. The van der Waals surface area contributed by atoms with Crippen LogP contribution in [0.3, 0.4) is 0 Å². The van der Waals surface area contributed by atoms with E-state index in [0.717, 1.165) is 49.2 Å². The van der Waals surface area contributed by atoms with E-state index in [0.29, 0.717) is 16.9 Å². The molecule has 31 heavy (non-hydrogen) atoms. The first-order valence-electron chi connectivity index (χ1n) is 9.48. The predicted molar refractivity (Wildman–Crippen MR) is 119 cm³/mol. The van der Waals surface area contributed by atoms with E-state index in [1.54, 1.807) is 12.4 Å². The van der Waals surface area contributed by atoms with Crippen molar-refractivity contribution in [3.8, 4) is 11.3 Å². The van der Waals surface area contributed by atoms with Gasteiger partial charge in [-0.25, -0.2) is 28.7 Å². The van der Waals surface area contributed by atoms with Crippen LogP contribution >= 0.6 is 24.8 Å². The fourth-order valence-electron chi connectivity index (χ4n) is 4.00. The van der Waals surface area contributed by atoms with E-state index in [1.807, 2.05) is 17.8 Å². The molecule has 0 atom stereocenters. The Morgan fingerprint density at radius 3 is 2.55 bits per heavy atom. The molecule has 4 aromatic rings. The minimum atomic E-state index is -0.863. The number of hydrogen-bond acceptors (Lipinski definition) is 5. The Kier molecular flexibility index (Phi) is 6.76. The molecule has 1 aliphatic heterocycles. The zero-order valence-electron chi connectivity index (χ0n) is 16.6. The van der Waals surface area contributed by atoms with E-state index in [4.69, 9.17) is 4.98 Å². The first kappa shape index (κ1) is 22.9. The van der Waals surface area contributed by atoms with Crippen LogP contribution in [0.4, 0.5) is 14.6 Å². The van der Waals surface area contributed by atoms with Gasteiger partial charge in [-0.1, -0.05) is 0 Å². The van der Waals surface area contributed by atoms with Crippen molar-refractivity contribution in [1.29, 1.82) is 0 Å². The van der Waals surface area contributed by atoms with Crippen molar-refractivity contribution in [2.24, 2.45) is 7.05 Å². The van der Waals surface area contributed by atoms with Crippen LogP contribution in [0.1, 0.15) is 24.6 Å². The Hall–Kier alpha value is -2.78. The van der Waals surface area contributed by atoms with Gasteiger partial charge in [0.25, 0.3) is 0 Å². The van der Waals surface area contributed by atoms with Crippen molar-refractivity contribution in [3.63, 3.8) is 0 Å². The minimum absolute atomic E-state index is 0. The van der Waals surface area contributed by atoms with Crippen LogP contribution < -0.4 is 4.90 Å². The standard InChI is InChI=1S/C20H19F2N7.2ClH/c1-28-9-16(13-2-3-14(21)15(22)8-13)27-19(28)12-4-6-29(7-5-12)20-17-18(24-10-23-17)25-11-26-20;;/h2-3,8-12H,4-7H2,1H3,(H,23,24,25,26);2*1H. The van der Waals surface area contributed by atoms with Crippen molar-refractivity contribution in [3.05, 3.63) is 54.5 Å². The largest absolute Gasteiger partial charge is 0.355 e. The molecule has 1 aromatic carbocycles. The Balaban J connectivity index is 0.00000136. The van der Waals surface area contributed by atoms with Crippen LogP contribution in [0.5, 0.6) is 0 Å². The van der Waals surface area contributed by atoms with Gasteiger partial charge in [-0.05, 0) is 31.0 Å². The van der Waals surface area contributed by atoms with Crippen molar-refractivity contribution in [1.82, 2.24) is 29.5 Å². The maximum atomic E-state index is 13.6. The average Bonchev–Trinajstić information content (AvgIpc) is 3.37. The number of H-pyrrole nitrogens is 1. The first-order valence-corrected chi connectivity index (χ1v) is 9.48. The molecule has 164 valence electrons. The highest BCUT2D eigenvalue weighted by Crippen LogP contribution is 2.32. The third-order valence-corrected chi connectivity index (χ3v) is 5.49. The summed E-state index contributed by atoms with van der Waals surface area (Å²) in [6.07, 6.45) is 6.87. The number of halogens is 4. The van der Waals surface area contributed by atoms with Crippen LogP contribution in [0.2, 0.25) is 0 Å². The monoisotopic (exact) mass is 467 g/mol. The van der Waals surface area contributed by atoms with E-state index in [2.05, 4.69) is 24.8 Å². The van der Waals surface area contributed by atoms with Gasteiger partial charge in [-0.2, -0.15) is 0 Å². The van der Waals surface area contributed by atoms with Crippen LogP contribution in [-0.4, -0.2) is 42.6 Å². The number of imidazole rings is 2. The van der Waals surface area contributed by atoms with Gasteiger partial charge in [0.05, 0.1) is 12.0 Å². The number of fused-ring (bicyclic) bond motifs is 1. The summed E-state index contributed by atoms with van der Waals surface area (Å²) < 4.78 is 28.8. The lowest BCUT2D eigenvalue weighted by Gasteiger charge is -2.32. The average molecular weight is 468 g/mol. The molecule has 0 radical (unpaired) electrons. The SMILES string of the molecule is Cl.Cl.Cn1cc(-c2ccc(F)c(F)c2)nc1C1CCN(c2ncnc3nc[nH]c23)CC1. The Morgan fingerprint density at radius 1 is 1.03 bits per heavy atom. The molecule has 1 fully saturated rings. The van der Waals surface area contributed by atoms with Crippen LogP contribution in [-0.2, 0) is 7.05 Å². The number of aromatic nitrogens is 6. The quantitative estimate of drug-likeness (QED) is 0.487. The smallest absolute Gasteiger partial charge is 0.182 e. The molecule has 1 aliphatic rings.